The SMILES string of the molecule is O=C(O)CCCCCNC(=O)c1ccc(CN2CCCC2=O)cc1. The van der Waals surface area contributed by atoms with E-state index >= 15 is 0 Å². The van der Waals surface area contributed by atoms with Gasteiger partial charge in [-0.15, -0.1) is 0 Å². The van der Waals surface area contributed by atoms with Crippen molar-refractivity contribution in [3.63, 3.8) is 0 Å². The maximum Gasteiger partial charge on any atom is 0.303 e. The molecule has 0 radical (unpaired) electrons. The molecule has 6 heteroatoms. The van der Waals surface area contributed by atoms with Crippen LogP contribution in [0.4, 0.5) is 0 Å². The van der Waals surface area contributed by atoms with Gasteiger partial charge in [0.25, 0.3) is 5.91 Å². The highest BCUT2D eigenvalue weighted by molar-refractivity contribution is 5.94. The van der Waals surface area contributed by atoms with Crippen LogP contribution in [0.1, 0.15) is 54.4 Å². The second-order valence-corrected chi connectivity index (χ2v) is 6.08. The largest absolute Gasteiger partial charge is 0.481 e. The topological polar surface area (TPSA) is 86.7 Å². The first-order chi connectivity index (χ1) is 11.6. The van der Waals surface area contributed by atoms with Crippen LogP contribution in [0.3, 0.4) is 0 Å². The number of likely N-dealkylation sites (tertiary alicyclic amines) is 1. The van der Waals surface area contributed by atoms with Gasteiger partial charge in [-0.2, -0.15) is 0 Å². The summed E-state index contributed by atoms with van der Waals surface area (Å²) < 4.78 is 0. The Morgan fingerprint density at radius 3 is 2.50 bits per heavy atom. The lowest BCUT2D eigenvalue weighted by molar-refractivity contribution is -0.137. The highest BCUT2D eigenvalue weighted by Gasteiger charge is 2.19. The zero-order chi connectivity index (χ0) is 17.4. The van der Waals surface area contributed by atoms with Gasteiger partial charge in [0.05, 0.1) is 0 Å². The highest BCUT2D eigenvalue weighted by atomic mass is 16.4. The monoisotopic (exact) mass is 332 g/mol. The fraction of sp³-hybridized carbons (Fsp3) is 0.500. The first-order valence-corrected chi connectivity index (χ1v) is 8.43. The van der Waals surface area contributed by atoms with Crippen LogP contribution in [0.5, 0.6) is 0 Å². The van der Waals surface area contributed by atoms with E-state index in [1.807, 2.05) is 17.0 Å². The number of hydrogen-bond acceptors (Lipinski definition) is 3. The first kappa shape index (κ1) is 18.0. The number of aliphatic carboxylic acids is 1. The minimum atomic E-state index is -0.783. The molecule has 1 heterocycles. The molecule has 24 heavy (non-hydrogen) atoms. The Morgan fingerprint density at radius 1 is 1.12 bits per heavy atom. The lowest BCUT2D eigenvalue weighted by Gasteiger charge is -2.15. The van der Waals surface area contributed by atoms with Crippen LogP contribution in [-0.4, -0.2) is 40.9 Å². The van der Waals surface area contributed by atoms with Gasteiger partial charge >= 0.3 is 5.97 Å². The van der Waals surface area contributed by atoms with Crippen LogP contribution in [0, 0.1) is 0 Å². The molecule has 2 N–H and O–H groups in total. The summed E-state index contributed by atoms with van der Waals surface area (Å²) in [5, 5.41) is 11.4. The fourth-order valence-electron chi connectivity index (χ4n) is 2.74. The van der Waals surface area contributed by atoms with Crippen LogP contribution in [0.2, 0.25) is 0 Å². The van der Waals surface area contributed by atoms with Gasteiger partial charge < -0.3 is 15.3 Å². The van der Waals surface area contributed by atoms with E-state index < -0.39 is 5.97 Å². The van der Waals surface area contributed by atoms with E-state index in [4.69, 9.17) is 5.11 Å². The molecular formula is C18H24N2O4. The van der Waals surface area contributed by atoms with Crippen molar-refractivity contribution in [3.05, 3.63) is 35.4 Å². The highest BCUT2D eigenvalue weighted by Crippen LogP contribution is 2.14. The minimum Gasteiger partial charge on any atom is -0.481 e. The van der Waals surface area contributed by atoms with Gasteiger partial charge in [-0.05, 0) is 37.0 Å². The molecule has 2 rings (SSSR count). The Kier molecular flexibility index (Phi) is 6.78. The average Bonchev–Trinajstić information content (AvgIpc) is 2.96. The van der Waals surface area contributed by atoms with Crippen molar-refractivity contribution >= 4 is 17.8 Å². The van der Waals surface area contributed by atoms with Crippen molar-refractivity contribution < 1.29 is 19.5 Å². The molecule has 1 aliphatic rings. The number of carbonyl (C=O) groups is 3. The molecule has 0 aromatic heterocycles. The van der Waals surface area contributed by atoms with E-state index in [2.05, 4.69) is 5.32 Å². The Labute approximate surface area is 141 Å². The molecule has 1 saturated heterocycles. The molecule has 1 aromatic rings. The average molecular weight is 332 g/mol. The molecule has 1 aliphatic heterocycles. The Morgan fingerprint density at radius 2 is 1.88 bits per heavy atom. The molecule has 0 atom stereocenters. The number of nitrogens with zero attached hydrogens (tertiary/aromatic N) is 1. The maximum absolute atomic E-state index is 12.0. The van der Waals surface area contributed by atoms with E-state index in [0.717, 1.165) is 31.4 Å². The summed E-state index contributed by atoms with van der Waals surface area (Å²) in [7, 11) is 0. The van der Waals surface area contributed by atoms with Crippen LogP contribution < -0.4 is 5.32 Å². The van der Waals surface area contributed by atoms with Crippen molar-refractivity contribution in [1.29, 1.82) is 0 Å². The van der Waals surface area contributed by atoms with Crippen molar-refractivity contribution in [2.45, 2.75) is 45.1 Å². The first-order valence-electron chi connectivity index (χ1n) is 8.43. The summed E-state index contributed by atoms with van der Waals surface area (Å²) in [6.07, 6.45) is 3.92. The van der Waals surface area contributed by atoms with Gasteiger partial charge in [-0.25, -0.2) is 0 Å². The smallest absolute Gasteiger partial charge is 0.303 e. The summed E-state index contributed by atoms with van der Waals surface area (Å²) in [6, 6.07) is 7.31. The van der Waals surface area contributed by atoms with Gasteiger partial charge in [-0.3, -0.25) is 14.4 Å². The third-order valence-electron chi connectivity index (χ3n) is 4.11. The maximum atomic E-state index is 12.0. The quantitative estimate of drug-likeness (QED) is 0.679. The predicted molar refractivity (Wildman–Crippen MR) is 89.5 cm³/mol. The number of carbonyl (C=O) groups excluding carboxylic acids is 2. The van der Waals surface area contributed by atoms with E-state index in [1.165, 1.54) is 0 Å². The number of nitrogens with one attached hydrogen (secondary N) is 1. The predicted octanol–water partition coefficient (Wildman–Crippen LogP) is 2.18. The van der Waals surface area contributed by atoms with Gasteiger partial charge in [0, 0.05) is 38.0 Å². The number of rotatable bonds is 9. The molecule has 0 aliphatic carbocycles. The van der Waals surface area contributed by atoms with Crippen molar-refractivity contribution in [2.75, 3.05) is 13.1 Å². The zero-order valence-corrected chi connectivity index (χ0v) is 13.8. The summed E-state index contributed by atoms with van der Waals surface area (Å²) >= 11 is 0. The van der Waals surface area contributed by atoms with Gasteiger partial charge in [0.2, 0.25) is 5.91 Å². The van der Waals surface area contributed by atoms with E-state index in [1.54, 1.807) is 12.1 Å². The lowest BCUT2D eigenvalue weighted by atomic mass is 10.1. The van der Waals surface area contributed by atoms with Crippen LogP contribution >= 0.6 is 0 Å². The van der Waals surface area contributed by atoms with Gasteiger partial charge in [0.15, 0.2) is 0 Å². The molecule has 0 unspecified atom stereocenters. The van der Waals surface area contributed by atoms with Crippen molar-refractivity contribution in [3.8, 4) is 0 Å². The number of benzene rings is 1. The fourth-order valence-corrected chi connectivity index (χ4v) is 2.74. The molecule has 130 valence electrons. The third-order valence-corrected chi connectivity index (χ3v) is 4.11. The number of amides is 2. The molecule has 1 aromatic carbocycles. The van der Waals surface area contributed by atoms with E-state index in [9.17, 15) is 14.4 Å². The molecular weight excluding hydrogens is 308 g/mol. The lowest BCUT2D eigenvalue weighted by Crippen LogP contribution is -2.25. The molecule has 2 amide bonds. The summed E-state index contributed by atoms with van der Waals surface area (Å²) in [4.78, 5) is 35.9. The minimum absolute atomic E-state index is 0.128. The molecule has 1 fully saturated rings. The zero-order valence-electron chi connectivity index (χ0n) is 13.8. The number of carboxylic acid groups (broad SMARTS) is 1. The number of carboxylic acids is 1. The van der Waals surface area contributed by atoms with Crippen molar-refractivity contribution in [1.82, 2.24) is 10.2 Å². The van der Waals surface area contributed by atoms with Crippen LogP contribution in [0.15, 0.2) is 24.3 Å². The van der Waals surface area contributed by atoms with Crippen LogP contribution in [0.25, 0.3) is 0 Å². The van der Waals surface area contributed by atoms with E-state index in [-0.39, 0.29) is 18.2 Å². The Bertz CT molecular complexity index is 583. The number of unbranched alkanes of at least 4 members (excludes halogenated alkanes) is 2. The van der Waals surface area contributed by atoms with Gasteiger partial charge in [-0.1, -0.05) is 18.6 Å². The summed E-state index contributed by atoms with van der Waals surface area (Å²) in [6.45, 7) is 1.95. The molecule has 0 spiro atoms. The van der Waals surface area contributed by atoms with Crippen molar-refractivity contribution in [2.24, 2.45) is 0 Å². The van der Waals surface area contributed by atoms with Gasteiger partial charge in [0.1, 0.15) is 0 Å². The molecule has 0 bridgehead atoms. The second kappa shape index (κ2) is 9.05. The second-order valence-electron chi connectivity index (χ2n) is 6.08. The summed E-state index contributed by atoms with van der Waals surface area (Å²) in [5.74, 6) is -0.716. The normalized spacial score (nSPS) is 14.0. The number of hydrogen-bond donors (Lipinski definition) is 2. The third kappa shape index (κ3) is 5.68. The Balaban J connectivity index is 1.71. The molecule has 6 nitrogen and oxygen atoms in total. The van der Waals surface area contributed by atoms with E-state index in [0.29, 0.717) is 31.5 Å². The standard InChI is InChI=1S/C18H24N2O4/c21-16-5-4-12-20(16)13-14-7-9-15(10-8-14)18(24)19-11-3-1-2-6-17(22)23/h7-10H,1-6,11-13H2,(H,19,24)(H,22,23). The summed E-state index contributed by atoms with van der Waals surface area (Å²) in [5.41, 5.74) is 1.62. The Hall–Kier alpha value is -2.37. The molecule has 0 saturated carbocycles. The van der Waals surface area contributed by atoms with Crippen LogP contribution in [-0.2, 0) is 16.1 Å².